The topological polar surface area (TPSA) is 73.8 Å². The molecule has 4 nitrogen and oxygen atoms in total. The third kappa shape index (κ3) is 5.81. The Labute approximate surface area is 159 Å². The maximum atomic E-state index is 13.5. The van der Waals surface area contributed by atoms with Crippen molar-refractivity contribution in [3.05, 3.63) is 72.0 Å². The van der Waals surface area contributed by atoms with Gasteiger partial charge in [0.15, 0.2) is 11.6 Å². The van der Waals surface area contributed by atoms with Crippen LogP contribution in [0.5, 0.6) is 5.75 Å². The van der Waals surface area contributed by atoms with Crippen LogP contribution in [-0.2, 0) is 0 Å². The molecule has 0 aliphatic carbocycles. The number of aromatic hydroxyl groups is 1. The van der Waals surface area contributed by atoms with Crippen LogP contribution in [0.1, 0.15) is 50.0 Å². The van der Waals surface area contributed by atoms with Gasteiger partial charge in [-0.25, -0.2) is 4.39 Å². The number of benzene rings is 1. The molecule has 3 atom stereocenters. The number of phenolic OH excluding ortho intramolecular Hbond substituents is 1. The molecule has 0 unspecified atom stereocenters. The Hall–Kier alpha value is -2.37. The second kappa shape index (κ2) is 10.1. The van der Waals surface area contributed by atoms with Crippen molar-refractivity contribution >= 4 is 6.08 Å². The van der Waals surface area contributed by atoms with Crippen molar-refractivity contribution in [3.63, 3.8) is 0 Å². The van der Waals surface area contributed by atoms with Crippen LogP contribution in [0.4, 0.5) is 4.39 Å². The van der Waals surface area contributed by atoms with Crippen LogP contribution in [0.3, 0.4) is 0 Å². The summed E-state index contributed by atoms with van der Waals surface area (Å²) in [6, 6.07) is 7.61. The fraction of sp³-hybridized carbons (Fsp3) is 0.364. The van der Waals surface area contributed by atoms with Gasteiger partial charge in [0.2, 0.25) is 0 Å². The zero-order chi connectivity index (χ0) is 19.8. The lowest BCUT2D eigenvalue weighted by molar-refractivity contribution is 0.0207. The van der Waals surface area contributed by atoms with Gasteiger partial charge in [0.1, 0.15) is 11.9 Å². The van der Waals surface area contributed by atoms with E-state index in [9.17, 15) is 19.7 Å². The molecule has 0 fully saturated rings. The number of allylic oxidation sites excluding steroid dienone is 1. The molecule has 0 bridgehead atoms. The van der Waals surface area contributed by atoms with Crippen molar-refractivity contribution in [2.75, 3.05) is 0 Å². The molecule has 1 aromatic heterocycles. The summed E-state index contributed by atoms with van der Waals surface area (Å²) in [4.78, 5) is 0. The molecule has 0 saturated heterocycles. The maximum absolute atomic E-state index is 13.5. The van der Waals surface area contributed by atoms with Crippen LogP contribution in [0.15, 0.2) is 59.2 Å². The van der Waals surface area contributed by atoms with Gasteiger partial charge in [0, 0.05) is 5.92 Å². The van der Waals surface area contributed by atoms with Gasteiger partial charge in [-0.3, -0.25) is 0 Å². The van der Waals surface area contributed by atoms with Gasteiger partial charge >= 0.3 is 0 Å². The van der Waals surface area contributed by atoms with E-state index in [1.54, 1.807) is 18.2 Å². The Morgan fingerprint density at radius 1 is 1.26 bits per heavy atom. The van der Waals surface area contributed by atoms with Crippen molar-refractivity contribution in [2.45, 2.75) is 44.8 Å². The Bertz CT molecular complexity index is 752. The zero-order valence-electron chi connectivity index (χ0n) is 15.5. The Balaban J connectivity index is 2.06. The number of phenols is 1. The molecular weight excluding hydrogens is 347 g/mol. The van der Waals surface area contributed by atoms with E-state index in [1.165, 1.54) is 24.5 Å². The summed E-state index contributed by atoms with van der Waals surface area (Å²) in [5.41, 5.74) is 1.73. The first-order valence-electron chi connectivity index (χ1n) is 9.16. The summed E-state index contributed by atoms with van der Waals surface area (Å²) >= 11 is 0. The molecule has 0 radical (unpaired) electrons. The van der Waals surface area contributed by atoms with E-state index in [-0.39, 0.29) is 5.75 Å². The molecule has 3 N–H and O–H groups in total. The Morgan fingerprint density at radius 2 is 2.04 bits per heavy atom. The number of aliphatic hydroxyl groups excluding tert-OH is 2. The van der Waals surface area contributed by atoms with Crippen LogP contribution in [0.2, 0.25) is 0 Å². The van der Waals surface area contributed by atoms with E-state index >= 15 is 0 Å². The van der Waals surface area contributed by atoms with Crippen LogP contribution < -0.4 is 0 Å². The van der Waals surface area contributed by atoms with Gasteiger partial charge in [-0.15, -0.1) is 6.58 Å². The van der Waals surface area contributed by atoms with Gasteiger partial charge in [-0.1, -0.05) is 37.1 Å². The second-order valence-corrected chi connectivity index (χ2v) is 6.64. The standard InChI is InChI=1S/C22H27FO4/c1-3-6-15(13-16-9-11-20(25)18(23)14-16)8-10-19(24)17(4-2)22(26)21-7-5-12-27-21/h4-5,7,9,11-14,17,19,22,24-26H,2-3,6,8,10H2,1H3/b15-13+/t17-,19-,22+/m1/s1. The van der Waals surface area contributed by atoms with E-state index in [4.69, 9.17) is 4.42 Å². The normalized spacial score (nSPS) is 15.3. The Morgan fingerprint density at radius 3 is 2.63 bits per heavy atom. The lowest BCUT2D eigenvalue weighted by atomic mass is 9.89. The fourth-order valence-electron chi connectivity index (χ4n) is 3.11. The highest BCUT2D eigenvalue weighted by molar-refractivity contribution is 5.54. The highest BCUT2D eigenvalue weighted by Gasteiger charge is 2.27. The lowest BCUT2D eigenvalue weighted by Gasteiger charge is -2.24. The monoisotopic (exact) mass is 374 g/mol. The molecule has 2 aromatic rings. The van der Waals surface area contributed by atoms with Crippen molar-refractivity contribution in [1.29, 1.82) is 0 Å². The summed E-state index contributed by atoms with van der Waals surface area (Å²) in [6.07, 6.45) is 5.91. The smallest absolute Gasteiger partial charge is 0.165 e. The molecule has 0 aliphatic heterocycles. The minimum absolute atomic E-state index is 0.375. The molecule has 0 spiro atoms. The summed E-state index contributed by atoms with van der Waals surface area (Å²) in [6.45, 7) is 5.77. The number of hydrogen-bond donors (Lipinski definition) is 3. The van der Waals surface area contributed by atoms with Gasteiger partial charge in [0.25, 0.3) is 0 Å². The lowest BCUT2D eigenvalue weighted by Crippen LogP contribution is -2.25. The molecule has 27 heavy (non-hydrogen) atoms. The number of furan rings is 1. The van der Waals surface area contributed by atoms with Crippen LogP contribution in [-0.4, -0.2) is 21.4 Å². The predicted molar refractivity (Wildman–Crippen MR) is 104 cm³/mol. The highest BCUT2D eigenvalue weighted by atomic mass is 19.1. The van der Waals surface area contributed by atoms with Crippen molar-refractivity contribution in [1.82, 2.24) is 0 Å². The van der Waals surface area contributed by atoms with Gasteiger partial charge < -0.3 is 19.7 Å². The van der Waals surface area contributed by atoms with Gasteiger partial charge in [-0.2, -0.15) is 0 Å². The van der Waals surface area contributed by atoms with Gasteiger partial charge in [0.05, 0.1) is 12.4 Å². The Kier molecular flexibility index (Phi) is 7.82. The SMILES string of the molecule is C=C[C@H]([C@H](O)CC/C(=C/c1ccc(O)c(F)c1)CCC)[C@H](O)c1ccco1. The minimum atomic E-state index is -0.961. The predicted octanol–water partition coefficient (Wildman–Crippen LogP) is 4.98. The third-order valence-electron chi connectivity index (χ3n) is 4.59. The van der Waals surface area contributed by atoms with Gasteiger partial charge in [-0.05, 0) is 49.1 Å². The van der Waals surface area contributed by atoms with Crippen molar-refractivity contribution < 1.29 is 24.1 Å². The molecule has 0 aliphatic rings. The summed E-state index contributed by atoms with van der Waals surface area (Å²) in [5.74, 6) is -1.19. The fourth-order valence-corrected chi connectivity index (χ4v) is 3.11. The summed E-state index contributed by atoms with van der Waals surface area (Å²) in [5, 5.41) is 30.3. The number of aliphatic hydroxyl groups is 2. The molecule has 0 saturated carbocycles. The average Bonchev–Trinajstić information content (AvgIpc) is 3.18. The van der Waals surface area contributed by atoms with Crippen molar-refractivity contribution in [3.8, 4) is 5.75 Å². The van der Waals surface area contributed by atoms with Crippen LogP contribution >= 0.6 is 0 Å². The number of hydrogen-bond acceptors (Lipinski definition) is 4. The van der Waals surface area contributed by atoms with E-state index < -0.39 is 23.9 Å². The van der Waals surface area contributed by atoms with E-state index in [2.05, 4.69) is 13.5 Å². The molecule has 146 valence electrons. The van der Waals surface area contributed by atoms with E-state index in [0.717, 1.165) is 18.4 Å². The van der Waals surface area contributed by atoms with E-state index in [1.807, 2.05) is 6.08 Å². The van der Waals surface area contributed by atoms with Crippen LogP contribution in [0, 0.1) is 11.7 Å². The molecule has 0 amide bonds. The van der Waals surface area contributed by atoms with E-state index in [0.29, 0.717) is 24.2 Å². The summed E-state index contributed by atoms with van der Waals surface area (Å²) < 4.78 is 18.8. The number of rotatable bonds is 10. The maximum Gasteiger partial charge on any atom is 0.165 e. The summed E-state index contributed by atoms with van der Waals surface area (Å²) in [7, 11) is 0. The second-order valence-electron chi connectivity index (χ2n) is 6.64. The first kappa shape index (κ1) is 20.9. The third-order valence-corrected chi connectivity index (χ3v) is 4.59. The molecule has 5 heteroatoms. The molecule has 1 aromatic carbocycles. The largest absolute Gasteiger partial charge is 0.505 e. The average molecular weight is 374 g/mol. The van der Waals surface area contributed by atoms with Crippen molar-refractivity contribution in [2.24, 2.45) is 5.92 Å². The molecular formula is C22H27FO4. The quantitative estimate of drug-likeness (QED) is 0.513. The first-order chi connectivity index (χ1) is 13.0. The first-order valence-corrected chi connectivity index (χ1v) is 9.16. The zero-order valence-corrected chi connectivity index (χ0v) is 15.5. The number of halogens is 1. The minimum Gasteiger partial charge on any atom is -0.505 e. The molecule has 2 rings (SSSR count). The van der Waals surface area contributed by atoms with Crippen LogP contribution in [0.25, 0.3) is 6.08 Å². The highest BCUT2D eigenvalue weighted by Crippen LogP contribution is 2.29. The molecule has 1 heterocycles.